The summed E-state index contributed by atoms with van der Waals surface area (Å²) < 4.78 is 38.0. The Morgan fingerprint density at radius 2 is 2.06 bits per heavy atom. The number of amides is 1. The molecule has 0 radical (unpaired) electrons. The van der Waals surface area contributed by atoms with E-state index in [1.54, 1.807) is 20.8 Å². The summed E-state index contributed by atoms with van der Waals surface area (Å²) in [5, 5.41) is 0. The lowest BCUT2D eigenvalue weighted by Gasteiger charge is -2.25. The second kappa shape index (κ2) is 4.79. The molecule has 0 unspecified atom stereocenters. The van der Waals surface area contributed by atoms with E-state index in [0.29, 0.717) is 4.31 Å². The topological polar surface area (TPSA) is 82.1 Å². The maximum absolute atomic E-state index is 11.8. The van der Waals surface area contributed by atoms with Gasteiger partial charge in [-0.15, -0.1) is 0 Å². The Balaban J connectivity index is 2.87. The van der Waals surface area contributed by atoms with E-state index in [4.69, 9.17) is 9.47 Å². The lowest BCUT2D eigenvalue weighted by molar-refractivity contribution is 0.0295. The van der Waals surface area contributed by atoms with Gasteiger partial charge in [-0.3, -0.25) is 4.18 Å². The van der Waals surface area contributed by atoms with Crippen molar-refractivity contribution in [1.82, 2.24) is 4.31 Å². The highest BCUT2D eigenvalue weighted by Gasteiger charge is 2.44. The average Bonchev–Trinajstić information content (AvgIpc) is 2.39. The Morgan fingerprint density at radius 3 is 2.53 bits per heavy atom. The van der Waals surface area contributed by atoms with Crippen LogP contribution in [0.15, 0.2) is 0 Å². The SMILES string of the molecule is COC[C@@H]1COS(=O)(=O)N1C(=O)OC(C)(C)C. The molecule has 1 fully saturated rings. The van der Waals surface area contributed by atoms with Gasteiger partial charge in [-0.05, 0) is 20.8 Å². The molecule has 0 N–H and O–H groups in total. The van der Waals surface area contributed by atoms with Crippen molar-refractivity contribution in [2.45, 2.75) is 32.4 Å². The van der Waals surface area contributed by atoms with Crippen LogP contribution in [0.1, 0.15) is 20.8 Å². The van der Waals surface area contributed by atoms with E-state index in [1.165, 1.54) is 7.11 Å². The standard InChI is InChI=1S/C9H17NO6S/c1-9(2,3)16-8(11)10-7(5-14-4)6-15-17(10,12)13/h7H,5-6H2,1-4H3/t7-/m1/s1. The number of rotatable bonds is 2. The van der Waals surface area contributed by atoms with Crippen LogP contribution in [-0.4, -0.2) is 50.8 Å². The van der Waals surface area contributed by atoms with Crippen molar-refractivity contribution in [3.8, 4) is 0 Å². The number of methoxy groups -OCH3 is 1. The van der Waals surface area contributed by atoms with Crippen molar-refractivity contribution in [3.05, 3.63) is 0 Å². The summed E-state index contributed by atoms with van der Waals surface area (Å²) in [6.07, 6.45) is -0.947. The van der Waals surface area contributed by atoms with Gasteiger partial charge < -0.3 is 9.47 Å². The zero-order valence-electron chi connectivity index (χ0n) is 10.3. The van der Waals surface area contributed by atoms with Gasteiger partial charge in [-0.1, -0.05) is 0 Å². The van der Waals surface area contributed by atoms with Gasteiger partial charge in [-0.2, -0.15) is 12.7 Å². The average molecular weight is 267 g/mol. The van der Waals surface area contributed by atoms with Crippen LogP contribution in [0.4, 0.5) is 4.79 Å². The van der Waals surface area contributed by atoms with Crippen LogP contribution in [0.5, 0.6) is 0 Å². The highest BCUT2D eigenvalue weighted by atomic mass is 32.2. The molecule has 1 atom stereocenters. The molecule has 0 aromatic rings. The summed E-state index contributed by atoms with van der Waals surface area (Å²) in [6, 6.07) is -0.681. The van der Waals surface area contributed by atoms with Crippen LogP contribution in [-0.2, 0) is 24.0 Å². The highest BCUT2D eigenvalue weighted by Crippen LogP contribution is 2.22. The van der Waals surface area contributed by atoms with Crippen LogP contribution >= 0.6 is 0 Å². The molecule has 1 aliphatic rings. The molecule has 1 heterocycles. The smallest absolute Gasteiger partial charge is 0.426 e. The second-order valence-electron chi connectivity index (χ2n) is 4.63. The summed E-state index contributed by atoms with van der Waals surface area (Å²) in [4.78, 5) is 11.8. The van der Waals surface area contributed by atoms with Crippen molar-refractivity contribution in [2.24, 2.45) is 0 Å². The third-order valence-corrected chi connectivity index (χ3v) is 3.28. The van der Waals surface area contributed by atoms with Crippen molar-refractivity contribution >= 4 is 16.4 Å². The van der Waals surface area contributed by atoms with Gasteiger partial charge in [0.05, 0.1) is 13.2 Å². The lowest BCUT2D eigenvalue weighted by Crippen LogP contribution is -2.44. The second-order valence-corrected chi connectivity index (χ2v) is 6.11. The molecule has 0 aliphatic carbocycles. The molecule has 100 valence electrons. The van der Waals surface area contributed by atoms with E-state index in [9.17, 15) is 13.2 Å². The normalized spacial score (nSPS) is 23.8. The molecule has 17 heavy (non-hydrogen) atoms. The van der Waals surface area contributed by atoms with E-state index in [-0.39, 0.29) is 13.2 Å². The predicted octanol–water partition coefficient (Wildman–Crippen LogP) is 0.513. The van der Waals surface area contributed by atoms with E-state index >= 15 is 0 Å². The number of ether oxygens (including phenoxy) is 2. The van der Waals surface area contributed by atoms with Crippen molar-refractivity contribution < 1.29 is 26.9 Å². The molecular formula is C9H17NO6S. The molecule has 1 saturated heterocycles. The van der Waals surface area contributed by atoms with Gasteiger partial charge >= 0.3 is 16.4 Å². The summed E-state index contributed by atoms with van der Waals surface area (Å²) in [5.41, 5.74) is -0.771. The number of hydrogen-bond donors (Lipinski definition) is 0. The first-order valence-electron chi connectivity index (χ1n) is 5.08. The first-order chi connectivity index (χ1) is 7.67. The molecular weight excluding hydrogens is 250 g/mol. The van der Waals surface area contributed by atoms with Gasteiger partial charge in [0.15, 0.2) is 0 Å². The maximum atomic E-state index is 11.8. The largest absolute Gasteiger partial charge is 0.443 e. The monoisotopic (exact) mass is 267 g/mol. The summed E-state index contributed by atoms with van der Waals surface area (Å²) in [5.74, 6) is 0. The minimum absolute atomic E-state index is 0.0679. The molecule has 0 spiro atoms. The van der Waals surface area contributed by atoms with Crippen molar-refractivity contribution in [1.29, 1.82) is 0 Å². The van der Waals surface area contributed by atoms with Crippen LogP contribution in [0.25, 0.3) is 0 Å². The summed E-state index contributed by atoms with van der Waals surface area (Å²) >= 11 is 0. The predicted molar refractivity (Wildman–Crippen MR) is 58.6 cm³/mol. The molecule has 0 bridgehead atoms. The quantitative estimate of drug-likeness (QED) is 0.725. The van der Waals surface area contributed by atoms with Gasteiger partial charge in [0.1, 0.15) is 11.6 Å². The van der Waals surface area contributed by atoms with Gasteiger partial charge in [-0.25, -0.2) is 4.79 Å². The highest BCUT2D eigenvalue weighted by molar-refractivity contribution is 7.85. The van der Waals surface area contributed by atoms with E-state index < -0.39 is 28.0 Å². The van der Waals surface area contributed by atoms with E-state index in [1.807, 2.05) is 0 Å². The third kappa shape index (κ3) is 3.55. The van der Waals surface area contributed by atoms with Crippen LogP contribution in [0.2, 0.25) is 0 Å². The number of hydrogen-bond acceptors (Lipinski definition) is 6. The Hall–Kier alpha value is -0.860. The van der Waals surface area contributed by atoms with Gasteiger partial charge in [0, 0.05) is 7.11 Å². The van der Waals surface area contributed by atoms with Crippen LogP contribution < -0.4 is 0 Å². The molecule has 1 rings (SSSR count). The van der Waals surface area contributed by atoms with Gasteiger partial charge in [0.25, 0.3) is 0 Å². The van der Waals surface area contributed by atoms with E-state index in [0.717, 1.165) is 0 Å². The fraction of sp³-hybridized carbons (Fsp3) is 0.889. The molecule has 1 amide bonds. The minimum atomic E-state index is -4.05. The minimum Gasteiger partial charge on any atom is -0.443 e. The lowest BCUT2D eigenvalue weighted by atomic mass is 10.2. The fourth-order valence-corrected chi connectivity index (χ4v) is 2.48. The van der Waals surface area contributed by atoms with E-state index in [2.05, 4.69) is 4.18 Å². The molecule has 0 aromatic carbocycles. The summed E-state index contributed by atoms with van der Waals surface area (Å²) in [6.45, 7) is 4.91. The molecule has 0 saturated carbocycles. The zero-order valence-corrected chi connectivity index (χ0v) is 11.1. The molecule has 0 aromatic heterocycles. The molecule has 8 heteroatoms. The summed E-state index contributed by atoms with van der Waals surface area (Å²) in [7, 11) is -2.64. The molecule has 7 nitrogen and oxygen atoms in total. The van der Waals surface area contributed by atoms with Crippen LogP contribution in [0.3, 0.4) is 0 Å². The third-order valence-electron chi connectivity index (χ3n) is 1.91. The zero-order chi connectivity index (χ0) is 13.3. The molecule has 1 aliphatic heterocycles. The fourth-order valence-electron chi connectivity index (χ4n) is 1.33. The first-order valence-corrected chi connectivity index (χ1v) is 6.44. The number of carbonyl (C=O) groups excluding carboxylic acids is 1. The maximum Gasteiger partial charge on any atom is 0.426 e. The first kappa shape index (κ1) is 14.2. The van der Waals surface area contributed by atoms with Gasteiger partial charge in [0.2, 0.25) is 0 Å². The Labute approximate surface area is 101 Å². The van der Waals surface area contributed by atoms with Crippen LogP contribution in [0, 0.1) is 0 Å². The Kier molecular flexibility index (Phi) is 4.00. The Morgan fingerprint density at radius 1 is 1.47 bits per heavy atom. The number of carbonyl (C=O) groups is 1. The van der Waals surface area contributed by atoms with Crippen molar-refractivity contribution in [3.63, 3.8) is 0 Å². The number of nitrogens with zero attached hydrogens (tertiary/aromatic N) is 1. The van der Waals surface area contributed by atoms with Crippen molar-refractivity contribution in [2.75, 3.05) is 20.3 Å². The Bertz CT molecular complexity index is 385.